The molecule has 1 N–H and O–H groups in total. The maximum Gasteiger partial charge on any atom is 0.261 e. The number of halogens is 3. The van der Waals surface area contributed by atoms with E-state index in [9.17, 15) is 14.0 Å². The van der Waals surface area contributed by atoms with Crippen molar-refractivity contribution < 1.29 is 18.7 Å². The fourth-order valence-electron chi connectivity index (χ4n) is 2.67. The molecule has 0 aliphatic carbocycles. The van der Waals surface area contributed by atoms with Crippen molar-refractivity contribution in [2.24, 2.45) is 0 Å². The fraction of sp³-hybridized carbons (Fsp3) is 0.364. The Morgan fingerprint density at radius 1 is 1.13 bits per heavy atom. The van der Waals surface area contributed by atoms with Crippen molar-refractivity contribution in [1.29, 1.82) is 0 Å². The van der Waals surface area contributed by atoms with Crippen LogP contribution in [0, 0.1) is 5.82 Å². The minimum atomic E-state index is -0.773. The molecule has 0 fully saturated rings. The van der Waals surface area contributed by atoms with Crippen molar-refractivity contribution >= 4 is 35.0 Å². The van der Waals surface area contributed by atoms with Crippen molar-refractivity contribution in [2.45, 2.75) is 45.8 Å². The van der Waals surface area contributed by atoms with Gasteiger partial charge in [0.1, 0.15) is 6.04 Å². The van der Waals surface area contributed by atoms with Gasteiger partial charge in [-0.05, 0) is 50.1 Å². The summed E-state index contributed by atoms with van der Waals surface area (Å²) in [5, 5.41) is 3.61. The van der Waals surface area contributed by atoms with E-state index in [0.29, 0.717) is 15.6 Å². The molecule has 0 spiro atoms. The molecule has 8 heteroatoms. The Hall–Kier alpha value is -2.31. The summed E-state index contributed by atoms with van der Waals surface area (Å²) in [6.07, 6.45) is 0.760. The summed E-state index contributed by atoms with van der Waals surface area (Å²) in [6.45, 7) is 5.18. The van der Waals surface area contributed by atoms with Gasteiger partial charge in [0.05, 0.1) is 10.0 Å². The molecule has 0 bridgehead atoms. The van der Waals surface area contributed by atoms with Crippen LogP contribution in [-0.4, -0.2) is 35.4 Å². The van der Waals surface area contributed by atoms with Gasteiger partial charge in [-0.15, -0.1) is 0 Å². The normalized spacial score (nSPS) is 12.7. The zero-order valence-corrected chi connectivity index (χ0v) is 18.6. The summed E-state index contributed by atoms with van der Waals surface area (Å²) >= 11 is 12.1. The number of hydrogen-bond donors (Lipinski definition) is 1. The lowest BCUT2D eigenvalue weighted by Gasteiger charge is -2.29. The summed E-state index contributed by atoms with van der Waals surface area (Å²) in [7, 11) is 0. The van der Waals surface area contributed by atoms with E-state index in [2.05, 4.69) is 5.32 Å². The van der Waals surface area contributed by atoms with Crippen molar-refractivity contribution in [3.8, 4) is 5.75 Å². The molecule has 2 aromatic rings. The molecule has 2 amide bonds. The Balaban J connectivity index is 2.20. The first-order valence-corrected chi connectivity index (χ1v) is 10.4. The number of amides is 2. The van der Waals surface area contributed by atoms with Gasteiger partial charge >= 0.3 is 0 Å². The van der Waals surface area contributed by atoms with Crippen molar-refractivity contribution in [1.82, 2.24) is 10.2 Å². The Kier molecular flexibility index (Phi) is 8.93. The molecule has 0 radical (unpaired) electrons. The third-order valence-electron chi connectivity index (χ3n) is 4.69. The van der Waals surface area contributed by atoms with E-state index in [0.717, 1.165) is 6.42 Å². The van der Waals surface area contributed by atoms with Crippen molar-refractivity contribution in [2.75, 3.05) is 6.61 Å². The molecule has 0 heterocycles. The molecule has 0 aliphatic heterocycles. The Bertz CT molecular complexity index is 894. The van der Waals surface area contributed by atoms with E-state index in [4.69, 9.17) is 27.9 Å². The molecule has 162 valence electrons. The van der Waals surface area contributed by atoms with Crippen LogP contribution in [0.25, 0.3) is 0 Å². The van der Waals surface area contributed by atoms with Gasteiger partial charge in [0.25, 0.3) is 5.91 Å². The number of carbonyl (C=O) groups excluding carboxylic acids is 2. The van der Waals surface area contributed by atoms with Gasteiger partial charge in [-0.2, -0.15) is 0 Å². The van der Waals surface area contributed by atoms with Gasteiger partial charge in [-0.1, -0.05) is 48.3 Å². The second-order valence-electron chi connectivity index (χ2n) is 6.98. The SMILES string of the molecule is CC[C@@H](C)NC(=O)[C@@H](C)N(Cc1ccc(Cl)c(Cl)c1)C(=O)COc1ccccc1F. The van der Waals surface area contributed by atoms with Crippen LogP contribution in [0.15, 0.2) is 42.5 Å². The van der Waals surface area contributed by atoms with Gasteiger partial charge in [0.2, 0.25) is 5.91 Å². The number of para-hydroxylation sites is 1. The maximum atomic E-state index is 13.8. The topological polar surface area (TPSA) is 58.6 Å². The highest BCUT2D eigenvalue weighted by Crippen LogP contribution is 2.24. The lowest BCUT2D eigenvalue weighted by Crippen LogP contribution is -2.50. The second kappa shape index (κ2) is 11.2. The van der Waals surface area contributed by atoms with Crippen LogP contribution >= 0.6 is 23.2 Å². The summed E-state index contributed by atoms with van der Waals surface area (Å²) in [4.78, 5) is 26.9. The van der Waals surface area contributed by atoms with E-state index >= 15 is 0 Å². The molecule has 2 aromatic carbocycles. The van der Waals surface area contributed by atoms with Gasteiger partial charge in [0.15, 0.2) is 18.2 Å². The van der Waals surface area contributed by atoms with E-state index in [1.165, 1.54) is 23.1 Å². The molecule has 0 saturated carbocycles. The minimum absolute atomic E-state index is 0.0305. The van der Waals surface area contributed by atoms with Gasteiger partial charge in [-0.25, -0.2) is 4.39 Å². The summed E-state index contributed by atoms with van der Waals surface area (Å²) < 4.78 is 19.1. The molecule has 0 unspecified atom stereocenters. The van der Waals surface area contributed by atoms with Gasteiger partial charge in [-0.3, -0.25) is 9.59 Å². The quantitative estimate of drug-likeness (QED) is 0.589. The van der Waals surface area contributed by atoms with Crippen molar-refractivity contribution in [3.05, 3.63) is 63.9 Å². The summed E-state index contributed by atoms with van der Waals surface area (Å²) in [5.41, 5.74) is 0.701. The fourth-order valence-corrected chi connectivity index (χ4v) is 2.99. The minimum Gasteiger partial charge on any atom is -0.481 e. The predicted octanol–water partition coefficient (Wildman–Crippen LogP) is 4.84. The number of ether oxygens (including phenoxy) is 1. The largest absolute Gasteiger partial charge is 0.481 e. The van der Waals surface area contributed by atoms with Crippen molar-refractivity contribution in [3.63, 3.8) is 0 Å². The third kappa shape index (κ3) is 6.61. The number of benzene rings is 2. The predicted molar refractivity (Wildman–Crippen MR) is 116 cm³/mol. The molecular formula is C22H25Cl2FN2O3. The summed E-state index contributed by atoms with van der Waals surface area (Å²) in [6, 6.07) is 10.0. The monoisotopic (exact) mass is 454 g/mol. The number of hydrogen-bond acceptors (Lipinski definition) is 3. The zero-order valence-electron chi connectivity index (χ0n) is 17.1. The van der Waals surface area contributed by atoms with Crippen LogP contribution in [0.4, 0.5) is 4.39 Å². The van der Waals surface area contributed by atoms with Gasteiger partial charge in [0, 0.05) is 12.6 Å². The highest BCUT2D eigenvalue weighted by Gasteiger charge is 2.27. The van der Waals surface area contributed by atoms with Crippen LogP contribution in [0.1, 0.15) is 32.8 Å². The van der Waals surface area contributed by atoms with E-state index in [1.54, 1.807) is 31.2 Å². The molecule has 0 saturated heterocycles. The highest BCUT2D eigenvalue weighted by atomic mass is 35.5. The van der Waals surface area contributed by atoms with Crippen LogP contribution in [-0.2, 0) is 16.1 Å². The molecule has 0 aromatic heterocycles. The molecule has 2 atom stereocenters. The molecule has 5 nitrogen and oxygen atoms in total. The average Bonchev–Trinajstić information content (AvgIpc) is 2.73. The molecule has 30 heavy (non-hydrogen) atoms. The molecule has 2 rings (SSSR count). The number of nitrogens with zero attached hydrogens (tertiary/aromatic N) is 1. The van der Waals surface area contributed by atoms with E-state index < -0.39 is 24.4 Å². The molecular weight excluding hydrogens is 430 g/mol. The maximum absolute atomic E-state index is 13.8. The third-order valence-corrected chi connectivity index (χ3v) is 5.43. The number of carbonyl (C=O) groups is 2. The Labute approximate surface area is 186 Å². The average molecular weight is 455 g/mol. The molecule has 0 aliphatic rings. The highest BCUT2D eigenvalue weighted by molar-refractivity contribution is 6.42. The smallest absolute Gasteiger partial charge is 0.261 e. The first-order valence-electron chi connectivity index (χ1n) is 9.64. The van der Waals surface area contributed by atoms with E-state index in [1.807, 2.05) is 13.8 Å². The van der Waals surface area contributed by atoms with E-state index in [-0.39, 0.29) is 24.2 Å². The Morgan fingerprint density at radius 3 is 2.47 bits per heavy atom. The second-order valence-corrected chi connectivity index (χ2v) is 7.80. The summed E-state index contributed by atoms with van der Waals surface area (Å²) in [5.74, 6) is -1.35. The first-order chi connectivity index (χ1) is 14.2. The Morgan fingerprint density at radius 2 is 1.83 bits per heavy atom. The lowest BCUT2D eigenvalue weighted by atomic mass is 10.1. The van der Waals surface area contributed by atoms with Gasteiger partial charge < -0.3 is 15.0 Å². The number of rotatable bonds is 9. The standard InChI is InChI=1S/C22H25Cl2FN2O3/c1-4-14(2)26-22(29)15(3)27(12-16-9-10-17(23)18(24)11-16)21(28)13-30-20-8-6-5-7-19(20)25/h5-11,14-15H,4,12-13H2,1-3H3,(H,26,29)/t14-,15-/m1/s1. The first kappa shape index (κ1) is 24.0. The van der Waals surface area contributed by atoms with Crippen LogP contribution < -0.4 is 10.1 Å². The van der Waals surface area contributed by atoms with Crippen LogP contribution in [0.3, 0.4) is 0 Å². The van der Waals surface area contributed by atoms with Crippen LogP contribution in [0.2, 0.25) is 10.0 Å². The number of nitrogens with one attached hydrogen (secondary N) is 1. The lowest BCUT2D eigenvalue weighted by molar-refractivity contribution is -0.142. The van der Waals surface area contributed by atoms with Crippen LogP contribution in [0.5, 0.6) is 5.75 Å². The zero-order chi connectivity index (χ0) is 22.3.